The lowest BCUT2D eigenvalue weighted by atomic mass is 9.91. The minimum absolute atomic E-state index is 0.0407. The molecule has 2 heterocycles. The molecule has 106 valence electrons. The molecule has 3 heteroatoms. The van der Waals surface area contributed by atoms with Crippen molar-refractivity contribution in [3.05, 3.63) is 81.9 Å². The van der Waals surface area contributed by atoms with Gasteiger partial charge in [0.05, 0.1) is 6.26 Å². The second kappa shape index (κ2) is 6.10. The number of Topliss-reactive ketones (excluding diaryl/α,β-unsaturated/α-hetero) is 1. The molecule has 0 amide bonds. The van der Waals surface area contributed by atoms with E-state index in [1.807, 2.05) is 11.4 Å². The molecule has 1 unspecified atom stereocenters. The number of furan rings is 1. The summed E-state index contributed by atoms with van der Waals surface area (Å²) in [5, 5.41) is 2.05. The maximum atomic E-state index is 12.4. The summed E-state index contributed by atoms with van der Waals surface area (Å²) < 4.78 is 5.22. The van der Waals surface area contributed by atoms with Crippen LogP contribution < -0.4 is 0 Å². The lowest BCUT2D eigenvalue weighted by Crippen LogP contribution is -2.07. The van der Waals surface area contributed by atoms with Gasteiger partial charge in [-0.25, -0.2) is 0 Å². The minimum atomic E-state index is 0.0407. The van der Waals surface area contributed by atoms with Gasteiger partial charge in [0.25, 0.3) is 0 Å². The van der Waals surface area contributed by atoms with Crippen molar-refractivity contribution in [2.75, 3.05) is 0 Å². The number of thiophene rings is 1. The number of aryl methyl sites for hydroxylation is 1. The zero-order valence-corrected chi connectivity index (χ0v) is 12.6. The molecular formula is C18H16O2S. The van der Waals surface area contributed by atoms with E-state index < -0.39 is 0 Å². The summed E-state index contributed by atoms with van der Waals surface area (Å²) in [5.41, 5.74) is 2.39. The van der Waals surface area contributed by atoms with Crippen LogP contribution in [0.5, 0.6) is 0 Å². The van der Waals surface area contributed by atoms with Gasteiger partial charge in [0.1, 0.15) is 0 Å². The molecule has 2 nitrogen and oxygen atoms in total. The first-order valence-electron chi connectivity index (χ1n) is 6.90. The van der Waals surface area contributed by atoms with Gasteiger partial charge in [-0.1, -0.05) is 35.9 Å². The van der Waals surface area contributed by atoms with Crippen LogP contribution in [0.1, 0.15) is 38.9 Å². The Kier molecular flexibility index (Phi) is 4.02. The summed E-state index contributed by atoms with van der Waals surface area (Å²) in [6.45, 7) is 2.07. The lowest BCUT2D eigenvalue weighted by Gasteiger charge is -2.15. The molecule has 0 spiro atoms. The number of ketones is 1. The van der Waals surface area contributed by atoms with E-state index in [1.165, 1.54) is 16.0 Å². The van der Waals surface area contributed by atoms with E-state index in [0.717, 1.165) is 0 Å². The van der Waals surface area contributed by atoms with Crippen molar-refractivity contribution in [2.24, 2.45) is 0 Å². The molecule has 21 heavy (non-hydrogen) atoms. The Morgan fingerprint density at radius 3 is 2.57 bits per heavy atom. The Balaban J connectivity index is 1.90. The first-order chi connectivity index (χ1) is 10.2. The topological polar surface area (TPSA) is 30.2 Å². The molecular weight excluding hydrogens is 280 g/mol. The van der Waals surface area contributed by atoms with Crippen LogP contribution in [0.3, 0.4) is 0 Å². The van der Waals surface area contributed by atoms with Crippen LogP contribution in [0, 0.1) is 6.92 Å². The van der Waals surface area contributed by atoms with E-state index in [0.29, 0.717) is 12.2 Å². The van der Waals surface area contributed by atoms with Gasteiger partial charge in [-0.2, -0.15) is 0 Å². The van der Waals surface area contributed by atoms with Crippen molar-refractivity contribution in [1.29, 1.82) is 0 Å². The lowest BCUT2D eigenvalue weighted by molar-refractivity contribution is 0.0951. The van der Waals surface area contributed by atoms with Crippen molar-refractivity contribution in [3.63, 3.8) is 0 Å². The largest absolute Gasteiger partial charge is 0.461 e. The van der Waals surface area contributed by atoms with Crippen LogP contribution in [-0.2, 0) is 0 Å². The molecule has 0 aliphatic heterocycles. The number of hydrogen-bond acceptors (Lipinski definition) is 3. The first kappa shape index (κ1) is 13.8. The standard InChI is InChI=1S/C18H16O2S/c1-13-6-8-14(9-7-13)15(18-5-3-11-21-18)12-16(19)17-4-2-10-20-17/h2-11,15H,12H2,1H3. The van der Waals surface area contributed by atoms with Gasteiger partial charge in [-0.3, -0.25) is 4.79 Å². The highest BCUT2D eigenvalue weighted by molar-refractivity contribution is 7.10. The molecule has 1 atom stereocenters. The molecule has 3 aromatic rings. The first-order valence-corrected chi connectivity index (χ1v) is 7.78. The average molecular weight is 296 g/mol. The van der Waals surface area contributed by atoms with Gasteiger partial charge in [0, 0.05) is 17.2 Å². The van der Waals surface area contributed by atoms with E-state index in [2.05, 4.69) is 37.3 Å². The monoisotopic (exact) mass is 296 g/mol. The molecule has 3 rings (SSSR count). The van der Waals surface area contributed by atoms with Gasteiger partial charge in [0.2, 0.25) is 0 Å². The fourth-order valence-corrected chi connectivity index (χ4v) is 3.25. The van der Waals surface area contributed by atoms with Crippen molar-refractivity contribution < 1.29 is 9.21 Å². The van der Waals surface area contributed by atoms with E-state index in [1.54, 1.807) is 29.7 Å². The highest BCUT2D eigenvalue weighted by Crippen LogP contribution is 2.32. The Hall–Kier alpha value is -2.13. The molecule has 0 N–H and O–H groups in total. The number of carbonyl (C=O) groups excluding carboxylic acids is 1. The Labute approximate surface area is 128 Å². The van der Waals surface area contributed by atoms with Crippen LogP contribution in [0.25, 0.3) is 0 Å². The number of benzene rings is 1. The SMILES string of the molecule is Cc1ccc(C(CC(=O)c2ccco2)c2cccs2)cc1. The molecule has 0 aliphatic rings. The van der Waals surface area contributed by atoms with Crippen LogP contribution in [0.15, 0.2) is 64.6 Å². The number of carbonyl (C=O) groups is 1. The van der Waals surface area contributed by atoms with E-state index in [-0.39, 0.29) is 11.7 Å². The van der Waals surface area contributed by atoms with Gasteiger partial charge in [-0.15, -0.1) is 11.3 Å². The van der Waals surface area contributed by atoms with Gasteiger partial charge in [0.15, 0.2) is 11.5 Å². The highest BCUT2D eigenvalue weighted by Gasteiger charge is 2.21. The summed E-state index contributed by atoms with van der Waals surface area (Å²) in [6, 6.07) is 16.0. The zero-order valence-electron chi connectivity index (χ0n) is 11.8. The summed E-state index contributed by atoms with van der Waals surface area (Å²) >= 11 is 1.69. The molecule has 0 aliphatic carbocycles. The summed E-state index contributed by atoms with van der Waals surface area (Å²) in [7, 11) is 0. The van der Waals surface area contributed by atoms with Crippen LogP contribution >= 0.6 is 11.3 Å². The molecule has 0 bridgehead atoms. The van der Waals surface area contributed by atoms with Crippen molar-refractivity contribution in [2.45, 2.75) is 19.3 Å². The van der Waals surface area contributed by atoms with Crippen molar-refractivity contribution >= 4 is 17.1 Å². The Morgan fingerprint density at radius 2 is 1.95 bits per heavy atom. The minimum Gasteiger partial charge on any atom is -0.461 e. The smallest absolute Gasteiger partial charge is 0.198 e. The maximum absolute atomic E-state index is 12.4. The molecule has 2 aromatic heterocycles. The van der Waals surface area contributed by atoms with Gasteiger partial charge in [-0.05, 0) is 36.1 Å². The predicted molar refractivity (Wildman–Crippen MR) is 85.0 cm³/mol. The normalized spacial score (nSPS) is 12.2. The van der Waals surface area contributed by atoms with Gasteiger partial charge >= 0.3 is 0 Å². The Morgan fingerprint density at radius 1 is 1.14 bits per heavy atom. The van der Waals surface area contributed by atoms with E-state index >= 15 is 0 Å². The molecule has 1 aromatic carbocycles. The summed E-state index contributed by atoms with van der Waals surface area (Å²) in [4.78, 5) is 13.6. The molecule has 0 fully saturated rings. The summed E-state index contributed by atoms with van der Waals surface area (Å²) in [5.74, 6) is 0.561. The highest BCUT2D eigenvalue weighted by atomic mass is 32.1. The third-order valence-electron chi connectivity index (χ3n) is 3.55. The quantitative estimate of drug-likeness (QED) is 0.616. The second-order valence-corrected chi connectivity index (χ2v) is 6.06. The predicted octanol–water partition coefficient (Wildman–Crippen LogP) is 5.05. The summed E-state index contributed by atoms with van der Waals surface area (Å²) in [6.07, 6.45) is 1.97. The van der Waals surface area contributed by atoms with Gasteiger partial charge < -0.3 is 4.42 Å². The average Bonchev–Trinajstić information content (AvgIpc) is 3.19. The zero-order chi connectivity index (χ0) is 14.7. The van der Waals surface area contributed by atoms with Crippen molar-refractivity contribution in [1.82, 2.24) is 0 Å². The number of hydrogen-bond donors (Lipinski definition) is 0. The van der Waals surface area contributed by atoms with Crippen LogP contribution in [0.4, 0.5) is 0 Å². The Bertz CT molecular complexity index is 694. The molecule has 0 radical (unpaired) electrons. The third kappa shape index (κ3) is 3.14. The fourth-order valence-electron chi connectivity index (χ4n) is 2.39. The third-order valence-corrected chi connectivity index (χ3v) is 4.54. The molecule has 0 saturated carbocycles. The molecule has 0 saturated heterocycles. The van der Waals surface area contributed by atoms with E-state index in [4.69, 9.17) is 4.42 Å². The van der Waals surface area contributed by atoms with E-state index in [9.17, 15) is 4.79 Å². The van der Waals surface area contributed by atoms with Crippen molar-refractivity contribution in [3.8, 4) is 0 Å². The second-order valence-electron chi connectivity index (χ2n) is 5.08. The number of rotatable bonds is 5. The fraction of sp³-hybridized carbons (Fsp3) is 0.167. The maximum Gasteiger partial charge on any atom is 0.198 e. The van der Waals surface area contributed by atoms with Crippen LogP contribution in [-0.4, -0.2) is 5.78 Å². The van der Waals surface area contributed by atoms with Crippen LogP contribution in [0.2, 0.25) is 0 Å².